The first-order chi connectivity index (χ1) is 19.5. The van der Waals surface area contributed by atoms with Gasteiger partial charge in [-0.2, -0.15) is 5.26 Å². The number of aromatic nitrogens is 2. The van der Waals surface area contributed by atoms with Crippen molar-refractivity contribution in [2.75, 3.05) is 69.3 Å². The number of nitrogens with one attached hydrogen (secondary N) is 1. The maximum atomic E-state index is 12.0. The lowest BCUT2D eigenvalue weighted by Gasteiger charge is -2.51. The second-order valence-electron chi connectivity index (χ2n) is 11.1. The van der Waals surface area contributed by atoms with E-state index in [1.807, 2.05) is 24.4 Å². The molecule has 3 aliphatic rings. The van der Waals surface area contributed by atoms with E-state index in [0.29, 0.717) is 23.2 Å². The first-order valence-corrected chi connectivity index (χ1v) is 14.2. The van der Waals surface area contributed by atoms with Crippen LogP contribution in [0.2, 0.25) is 0 Å². The molecule has 2 aromatic heterocycles. The van der Waals surface area contributed by atoms with Crippen LogP contribution in [-0.4, -0.2) is 102 Å². The highest BCUT2D eigenvalue weighted by atomic mass is 16.2. The van der Waals surface area contributed by atoms with Gasteiger partial charge in [-0.3, -0.25) is 9.69 Å². The molecule has 10 nitrogen and oxygen atoms in total. The van der Waals surface area contributed by atoms with E-state index in [4.69, 9.17) is 15.8 Å². The van der Waals surface area contributed by atoms with Crippen molar-refractivity contribution in [2.45, 2.75) is 37.9 Å². The van der Waals surface area contributed by atoms with E-state index in [1.54, 1.807) is 6.07 Å². The molecule has 0 amide bonds. The number of aliphatic hydroxyl groups is 1. The Labute approximate surface area is 235 Å². The summed E-state index contributed by atoms with van der Waals surface area (Å²) in [6.45, 7) is 10.3. The zero-order valence-corrected chi connectivity index (χ0v) is 23.5. The monoisotopic (exact) mass is 544 g/mol. The van der Waals surface area contributed by atoms with Crippen LogP contribution in [0.15, 0.2) is 47.4 Å². The van der Waals surface area contributed by atoms with Gasteiger partial charge in [0.1, 0.15) is 11.9 Å². The summed E-state index contributed by atoms with van der Waals surface area (Å²) < 4.78 is 0. The fourth-order valence-electron chi connectivity index (χ4n) is 6.47. The number of aliphatic hydroxyl groups excluding tert-OH is 1. The van der Waals surface area contributed by atoms with E-state index in [2.05, 4.69) is 49.7 Å². The van der Waals surface area contributed by atoms with Gasteiger partial charge in [0, 0.05) is 101 Å². The Morgan fingerprint density at radius 3 is 2.62 bits per heavy atom. The van der Waals surface area contributed by atoms with E-state index in [9.17, 15) is 10.1 Å². The molecule has 6 rings (SSSR count). The van der Waals surface area contributed by atoms with Crippen LogP contribution in [-0.2, 0) is 6.42 Å². The zero-order chi connectivity index (χ0) is 28.2. The van der Waals surface area contributed by atoms with E-state index in [1.165, 1.54) is 5.56 Å². The van der Waals surface area contributed by atoms with Gasteiger partial charge in [-0.05, 0) is 49.6 Å². The molecule has 4 N–H and O–H groups in total. The SMILES string of the molecule is CC1CN(c2ccc(C#N)c3[nH]c(=O)ccc23)CC2CN(CCc3ccc(N4CCC(N)C4)nc3)CCN12.CO. The Bertz CT molecular complexity index is 1400. The Balaban J connectivity index is 0.00000158. The molecule has 3 saturated heterocycles. The van der Waals surface area contributed by atoms with Gasteiger partial charge < -0.3 is 30.5 Å². The predicted molar refractivity (Wildman–Crippen MR) is 159 cm³/mol. The van der Waals surface area contributed by atoms with Crippen LogP contribution in [0.4, 0.5) is 11.5 Å². The second-order valence-corrected chi connectivity index (χ2v) is 11.1. The summed E-state index contributed by atoms with van der Waals surface area (Å²) in [4.78, 5) is 29.5. The van der Waals surface area contributed by atoms with Crippen molar-refractivity contribution >= 4 is 22.4 Å². The van der Waals surface area contributed by atoms with Gasteiger partial charge >= 0.3 is 0 Å². The normalized spacial score (nSPS) is 23.4. The highest BCUT2D eigenvalue weighted by Gasteiger charge is 2.36. The number of anilines is 2. The number of benzene rings is 1. The minimum atomic E-state index is -0.183. The quantitative estimate of drug-likeness (QED) is 0.436. The van der Waals surface area contributed by atoms with Crippen molar-refractivity contribution in [1.29, 1.82) is 5.26 Å². The molecule has 1 aromatic carbocycles. The molecule has 212 valence electrons. The van der Waals surface area contributed by atoms with Gasteiger partial charge in [0.05, 0.1) is 11.1 Å². The summed E-state index contributed by atoms with van der Waals surface area (Å²) >= 11 is 0. The first-order valence-electron chi connectivity index (χ1n) is 14.2. The van der Waals surface area contributed by atoms with Crippen molar-refractivity contribution in [3.05, 3.63) is 64.1 Å². The second kappa shape index (κ2) is 12.4. The molecule has 3 fully saturated rings. The molecule has 0 bridgehead atoms. The summed E-state index contributed by atoms with van der Waals surface area (Å²) in [5, 5.41) is 17.5. The van der Waals surface area contributed by atoms with Gasteiger partial charge in [0.2, 0.25) is 5.56 Å². The minimum absolute atomic E-state index is 0.183. The van der Waals surface area contributed by atoms with Gasteiger partial charge in [-0.25, -0.2) is 4.98 Å². The van der Waals surface area contributed by atoms with Crippen molar-refractivity contribution in [3.63, 3.8) is 0 Å². The van der Waals surface area contributed by atoms with Gasteiger partial charge in [-0.15, -0.1) is 0 Å². The molecule has 3 atom stereocenters. The number of aromatic amines is 1. The number of pyridine rings is 2. The fourth-order valence-corrected chi connectivity index (χ4v) is 6.47. The molecule has 0 spiro atoms. The van der Waals surface area contributed by atoms with E-state index < -0.39 is 0 Å². The standard InChI is InChI=1S/C29H36N8O.CH4O/c1-20-16-36(26-5-3-22(14-30)29-25(26)4-7-28(38)33-29)19-24-18-34(12-13-37(20)24)10-8-21-2-6-27(32-15-21)35-11-9-23(31)17-35;1-2/h2-7,15,20,23-24H,8-13,16-19,31H2,1H3,(H,33,38);2H,1H3. The molecule has 3 unspecified atom stereocenters. The number of rotatable bonds is 5. The van der Waals surface area contributed by atoms with Crippen LogP contribution < -0.4 is 21.1 Å². The fraction of sp³-hybridized carbons (Fsp3) is 0.500. The molecule has 3 aromatic rings. The highest BCUT2D eigenvalue weighted by molar-refractivity contribution is 5.95. The molecule has 40 heavy (non-hydrogen) atoms. The summed E-state index contributed by atoms with van der Waals surface area (Å²) in [6, 6.07) is 15.0. The summed E-state index contributed by atoms with van der Waals surface area (Å²) in [5.74, 6) is 1.03. The molecular weight excluding hydrogens is 504 g/mol. The van der Waals surface area contributed by atoms with Crippen molar-refractivity contribution < 1.29 is 5.11 Å². The van der Waals surface area contributed by atoms with E-state index in [-0.39, 0.29) is 11.6 Å². The number of nitrogens with zero attached hydrogens (tertiary/aromatic N) is 6. The van der Waals surface area contributed by atoms with Crippen LogP contribution >= 0.6 is 0 Å². The smallest absolute Gasteiger partial charge is 0.248 e. The summed E-state index contributed by atoms with van der Waals surface area (Å²) in [7, 11) is 1.00. The Morgan fingerprint density at radius 2 is 1.90 bits per heavy atom. The first kappa shape index (κ1) is 28.1. The van der Waals surface area contributed by atoms with E-state index >= 15 is 0 Å². The van der Waals surface area contributed by atoms with Gasteiger partial charge in [0.15, 0.2) is 0 Å². The van der Waals surface area contributed by atoms with Crippen LogP contribution in [0, 0.1) is 11.3 Å². The van der Waals surface area contributed by atoms with Crippen LogP contribution in [0.5, 0.6) is 0 Å². The number of piperazine rings is 2. The Hall–Kier alpha value is -3.49. The maximum Gasteiger partial charge on any atom is 0.248 e. The number of fused-ring (bicyclic) bond motifs is 2. The number of nitriles is 1. The maximum absolute atomic E-state index is 12.0. The summed E-state index contributed by atoms with van der Waals surface area (Å²) in [5.41, 5.74) is 9.37. The van der Waals surface area contributed by atoms with Crippen LogP contribution in [0.1, 0.15) is 24.5 Å². The Morgan fingerprint density at radius 1 is 1.05 bits per heavy atom. The number of nitrogens with two attached hydrogens (primary N) is 1. The molecule has 0 radical (unpaired) electrons. The van der Waals surface area contributed by atoms with E-state index in [0.717, 1.165) is 89.2 Å². The van der Waals surface area contributed by atoms with Crippen molar-refractivity contribution in [2.24, 2.45) is 5.73 Å². The average Bonchev–Trinajstić information content (AvgIpc) is 3.42. The molecule has 3 aliphatic heterocycles. The molecular formula is C30H40N8O2. The zero-order valence-electron chi connectivity index (χ0n) is 23.5. The Kier molecular flexibility index (Phi) is 8.66. The van der Waals surface area contributed by atoms with Crippen molar-refractivity contribution in [3.8, 4) is 6.07 Å². The third kappa shape index (κ3) is 5.83. The molecule has 0 saturated carbocycles. The third-order valence-electron chi connectivity index (χ3n) is 8.50. The van der Waals surface area contributed by atoms with Crippen LogP contribution in [0.25, 0.3) is 10.9 Å². The largest absolute Gasteiger partial charge is 0.400 e. The molecule has 10 heteroatoms. The third-order valence-corrected chi connectivity index (χ3v) is 8.50. The lowest BCUT2D eigenvalue weighted by atomic mass is 10.0. The lowest BCUT2D eigenvalue weighted by molar-refractivity contribution is 0.0356. The van der Waals surface area contributed by atoms with Crippen LogP contribution in [0.3, 0.4) is 0 Å². The number of H-pyrrole nitrogens is 1. The van der Waals surface area contributed by atoms with Gasteiger partial charge in [-0.1, -0.05) is 6.07 Å². The average molecular weight is 545 g/mol. The molecule has 5 heterocycles. The summed E-state index contributed by atoms with van der Waals surface area (Å²) in [6.07, 6.45) is 4.06. The van der Waals surface area contributed by atoms with Crippen molar-refractivity contribution in [1.82, 2.24) is 19.8 Å². The predicted octanol–water partition coefficient (Wildman–Crippen LogP) is 1.38. The number of hydrogen-bond donors (Lipinski definition) is 3. The number of hydrogen-bond acceptors (Lipinski definition) is 9. The highest BCUT2D eigenvalue weighted by Crippen LogP contribution is 2.31. The van der Waals surface area contributed by atoms with Gasteiger partial charge in [0.25, 0.3) is 0 Å². The minimum Gasteiger partial charge on any atom is -0.400 e. The topological polar surface area (TPSA) is 129 Å². The lowest BCUT2D eigenvalue weighted by Crippen LogP contribution is -2.65. The molecule has 0 aliphatic carbocycles.